The fourth-order valence-corrected chi connectivity index (χ4v) is 2.81. The molecule has 0 aromatic rings. The van der Waals surface area contributed by atoms with Gasteiger partial charge in [-0.15, -0.1) is 6.58 Å². The van der Waals surface area contributed by atoms with Crippen LogP contribution in [0.15, 0.2) is 29.8 Å². The number of hydroxylamine groups is 2. The molecule has 1 unspecified atom stereocenters. The fourth-order valence-electron chi connectivity index (χ4n) is 2.81. The molecule has 2 amide bonds. The predicted molar refractivity (Wildman–Crippen MR) is 78.3 cm³/mol. The maximum atomic E-state index is 12.4. The van der Waals surface area contributed by atoms with Crippen molar-refractivity contribution in [1.29, 1.82) is 0 Å². The predicted octanol–water partition coefficient (Wildman–Crippen LogP) is -0.328. The normalized spacial score (nSPS) is 27.1. The largest absolute Gasteiger partial charge is 0.397 e. The molecule has 3 heterocycles. The summed E-state index contributed by atoms with van der Waals surface area (Å²) in [6, 6.07) is -0.513. The van der Waals surface area contributed by atoms with Crippen molar-refractivity contribution < 1.29 is 14.4 Å². The molecule has 2 bridgehead atoms. The standard InChI is InChI=1S/C13H16BN4O3/c1-2-7-21-18-10-3-4-11(16(8-10)13(18)20)12-15-5-6-17(12)14-9-19/h2-4,9-11H,1,5-8H2/t10?,11-/m0/s1. The molecule has 7 nitrogen and oxygen atoms in total. The number of hydrogen-bond acceptors (Lipinski definition) is 5. The third-order valence-corrected chi connectivity index (χ3v) is 3.72. The van der Waals surface area contributed by atoms with Gasteiger partial charge in [0.25, 0.3) is 0 Å². The van der Waals surface area contributed by atoms with Crippen molar-refractivity contribution in [1.82, 2.24) is 14.8 Å². The van der Waals surface area contributed by atoms with Crippen LogP contribution in [0, 0.1) is 0 Å². The average Bonchev–Trinajstić information content (AvgIpc) is 3.04. The molecule has 0 aliphatic carbocycles. The number of aliphatic imine (C=N–C) groups is 1. The second-order valence-corrected chi connectivity index (χ2v) is 4.96. The maximum Gasteiger partial charge on any atom is 0.345 e. The molecule has 0 saturated carbocycles. The van der Waals surface area contributed by atoms with E-state index in [9.17, 15) is 9.59 Å². The van der Waals surface area contributed by atoms with E-state index >= 15 is 0 Å². The lowest BCUT2D eigenvalue weighted by Crippen LogP contribution is -2.49. The molecule has 1 radical (unpaired) electrons. The third kappa shape index (κ3) is 2.35. The van der Waals surface area contributed by atoms with E-state index in [1.165, 1.54) is 12.5 Å². The first-order valence-electron chi connectivity index (χ1n) is 6.88. The van der Waals surface area contributed by atoms with Crippen molar-refractivity contribution in [2.24, 2.45) is 4.99 Å². The lowest BCUT2D eigenvalue weighted by molar-refractivity contribution is -0.107. The van der Waals surface area contributed by atoms with Gasteiger partial charge in [-0.1, -0.05) is 18.2 Å². The number of carbonyl (C=O) groups excluding carboxylic acids is 2. The summed E-state index contributed by atoms with van der Waals surface area (Å²) in [5, 5.41) is 1.38. The van der Waals surface area contributed by atoms with Gasteiger partial charge in [0.05, 0.1) is 25.7 Å². The van der Waals surface area contributed by atoms with Gasteiger partial charge in [0.1, 0.15) is 18.1 Å². The second-order valence-electron chi connectivity index (χ2n) is 4.96. The van der Waals surface area contributed by atoms with Crippen LogP contribution in [-0.2, 0) is 9.63 Å². The van der Waals surface area contributed by atoms with E-state index in [0.29, 0.717) is 26.2 Å². The number of fused-ring (bicyclic) bond motifs is 2. The summed E-state index contributed by atoms with van der Waals surface area (Å²) in [6.07, 6.45) is 6.24. The van der Waals surface area contributed by atoms with Crippen LogP contribution >= 0.6 is 0 Å². The average molecular weight is 287 g/mol. The van der Waals surface area contributed by atoms with Crippen molar-refractivity contribution in [3.63, 3.8) is 0 Å². The number of hydrogen-bond donors (Lipinski definition) is 0. The molecule has 1 saturated heterocycles. The Balaban J connectivity index is 1.77. The van der Waals surface area contributed by atoms with Gasteiger partial charge in [-0.3, -0.25) is 9.83 Å². The van der Waals surface area contributed by atoms with E-state index in [0.717, 1.165) is 12.0 Å². The summed E-state index contributed by atoms with van der Waals surface area (Å²) in [4.78, 5) is 36.5. The molecule has 8 heteroatoms. The Hall–Kier alpha value is -2.09. The second kappa shape index (κ2) is 5.73. The van der Waals surface area contributed by atoms with E-state index < -0.39 is 0 Å². The zero-order chi connectivity index (χ0) is 14.8. The van der Waals surface area contributed by atoms with Crippen molar-refractivity contribution in [2.45, 2.75) is 12.1 Å². The molecular formula is C13H16BN4O3. The lowest BCUT2D eigenvalue weighted by atomic mass is 9.93. The first kappa shape index (κ1) is 13.9. The van der Waals surface area contributed by atoms with Crippen LogP contribution in [0.3, 0.4) is 0 Å². The Kier molecular flexibility index (Phi) is 3.79. The topological polar surface area (TPSA) is 65.5 Å². The summed E-state index contributed by atoms with van der Waals surface area (Å²) in [7, 11) is 1.46. The molecule has 0 N–H and O–H groups in total. The number of amides is 2. The summed E-state index contributed by atoms with van der Waals surface area (Å²) < 4.78 is 0. The van der Waals surface area contributed by atoms with Gasteiger partial charge in [0.15, 0.2) is 0 Å². The lowest BCUT2D eigenvalue weighted by Gasteiger charge is -2.30. The minimum absolute atomic E-state index is 0.0841. The van der Waals surface area contributed by atoms with Crippen LogP contribution in [0.1, 0.15) is 0 Å². The van der Waals surface area contributed by atoms with Crippen LogP contribution in [-0.4, -0.2) is 78.6 Å². The summed E-state index contributed by atoms with van der Waals surface area (Å²) in [5.74, 6) is 0.732. The molecule has 1 fully saturated rings. The van der Waals surface area contributed by atoms with Crippen LogP contribution in [0.25, 0.3) is 0 Å². The molecule has 0 aromatic heterocycles. The first-order chi connectivity index (χ1) is 10.3. The molecule has 0 spiro atoms. The Labute approximate surface area is 123 Å². The van der Waals surface area contributed by atoms with Gasteiger partial charge in [-0.2, -0.15) is 5.06 Å². The first-order valence-corrected chi connectivity index (χ1v) is 6.88. The summed E-state index contributed by atoms with van der Waals surface area (Å²) >= 11 is 0. The number of nitrogens with zero attached hydrogens (tertiary/aromatic N) is 4. The van der Waals surface area contributed by atoms with E-state index in [2.05, 4.69) is 11.6 Å². The highest BCUT2D eigenvalue weighted by Gasteiger charge is 2.45. The zero-order valence-corrected chi connectivity index (χ0v) is 11.6. The number of amidine groups is 1. The fraction of sp³-hybridized carbons (Fsp3) is 0.462. The zero-order valence-electron chi connectivity index (χ0n) is 11.6. The molecule has 0 aromatic carbocycles. The molecule has 3 aliphatic heterocycles. The van der Waals surface area contributed by atoms with E-state index in [1.807, 2.05) is 12.2 Å². The van der Waals surface area contributed by atoms with Crippen LogP contribution < -0.4 is 0 Å². The number of rotatable bonds is 6. The van der Waals surface area contributed by atoms with Crippen LogP contribution in [0.5, 0.6) is 0 Å². The Morgan fingerprint density at radius 3 is 3.14 bits per heavy atom. The molecule has 2 atom stereocenters. The molecular weight excluding hydrogens is 271 g/mol. The minimum atomic E-state index is -0.246. The highest BCUT2D eigenvalue weighted by molar-refractivity contribution is 6.66. The van der Waals surface area contributed by atoms with E-state index in [-0.39, 0.29) is 18.1 Å². The summed E-state index contributed by atoms with van der Waals surface area (Å²) in [5.41, 5.74) is 0. The van der Waals surface area contributed by atoms with Crippen LogP contribution in [0.4, 0.5) is 4.79 Å². The van der Waals surface area contributed by atoms with E-state index in [4.69, 9.17) is 4.84 Å². The Bertz CT molecular complexity index is 522. The van der Waals surface area contributed by atoms with Crippen LogP contribution in [0.2, 0.25) is 0 Å². The van der Waals surface area contributed by atoms with Gasteiger partial charge in [-0.05, 0) is 0 Å². The molecule has 21 heavy (non-hydrogen) atoms. The maximum absolute atomic E-state index is 12.4. The van der Waals surface area contributed by atoms with Crippen molar-refractivity contribution >= 4 is 25.5 Å². The Morgan fingerprint density at radius 2 is 2.38 bits per heavy atom. The monoisotopic (exact) mass is 287 g/mol. The molecule has 3 rings (SSSR count). The van der Waals surface area contributed by atoms with Gasteiger partial charge in [-0.25, -0.2) is 4.79 Å². The summed E-state index contributed by atoms with van der Waals surface area (Å²) in [6.45, 7) is 5.73. The highest BCUT2D eigenvalue weighted by atomic mass is 16.7. The number of urea groups is 1. The number of carbonyl (C=O) groups is 2. The SMILES string of the molecule is C=CCON1C(=O)N2CC1C=C[C@H]2C1=NCCN1[B]C=O. The van der Waals surface area contributed by atoms with Crippen molar-refractivity contribution in [2.75, 3.05) is 26.2 Å². The highest BCUT2D eigenvalue weighted by Crippen LogP contribution is 2.27. The van der Waals surface area contributed by atoms with Gasteiger partial charge < -0.3 is 14.5 Å². The molecule has 109 valence electrons. The smallest absolute Gasteiger partial charge is 0.345 e. The molecule has 3 aliphatic rings. The Morgan fingerprint density at radius 1 is 1.52 bits per heavy atom. The van der Waals surface area contributed by atoms with Gasteiger partial charge in [0.2, 0.25) is 0 Å². The minimum Gasteiger partial charge on any atom is -0.397 e. The third-order valence-electron chi connectivity index (χ3n) is 3.72. The van der Waals surface area contributed by atoms with Gasteiger partial charge in [0, 0.05) is 6.54 Å². The van der Waals surface area contributed by atoms with Gasteiger partial charge >= 0.3 is 13.4 Å². The van der Waals surface area contributed by atoms with Crippen molar-refractivity contribution in [3.8, 4) is 0 Å². The van der Waals surface area contributed by atoms with Crippen molar-refractivity contribution in [3.05, 3.63) is 24.8 Å². The quantitative estimate of drug-likeness (QED) is 0.381. The van der Waals surface area contributed by atoms with E-state index in [1.54, 1.807) is 15.8 Å².